The lowest BCUT2D eigenvalue weighted by atomic mass is 9.97. The van der Waals surface area contributed by atoms with Crippen molar-refractivity contribution in [2.24, 2.45) is 0 Å². The zero-order valence-corrected chi connectivity index (χ0v) is 15.0. The lowest BCUT2D eigenvalue weighted by Gasteiger charge is -2.12. The van der Waals surface area contributed by atoms with Crippen LogP contribution in [0.25, 0.3) is 10.2 Å². The van der Waals surface area contributed by atoms with Gasteiger partial charge in [0.05, 0.1) is 5.39 Å². The van der Waals surface area contributed by atoms with Gasteiger partial charge in [0, 0.05) is 16.1 Å². The Kier molecular flexibility index (Phi) is 4.83. The number of ketones is 1. The third-order valence-electron chi connectivity index (χ3n) is 4.28. The normalized spacial score (nSPS) is 13.2. The van der Waals surface area contributed by atoms with Crippen molar-refractivity contribution in [1.29, 1.82) is 0 Å². The first kappa shape index (κ1) is 16.9. The van der Waals surface area contributed by atoms with Gasteiger partial charge in [0.1, 0.15) is 17.0 Å². The van der Waals surface area contributed by atoms with Gasteiger partial charge in [-0.05, 0) is 50.3 Å². The number of fused-ring (bicyclic) bond motifs is 3. The van der Waals surface area contributed by atoms with Crippen LogP contribution in [0.1, 0.15) is 40.6 Å². The van der Waals surface area contributed by atoms with E-state index in [1.165, 1.54) is 23.3 Å². The third-order valence-corrected chi connectivity index (χ3v) is 5.48. The molecule has 0 amide bonds. The number of rotatable bonds is 3. The van der Waals surface area contributed by atoms with Gasteiger partial charge in [0.2, 0.25) is 0 Å². The van der Waals surface area contributed by atoms with Gasteiger partial charge in [-0.1, -0.05) is 12.1 Å². The summed E-state index contributed by atoms with van der Waals surface area (Å²) in [5.41, 5.74) is 2.99. The van der Waals surface area contributed by atoms with E-state index >= 15 is 0 Å². The summed E-state index contributed by atoms with van der Waals surface area (Å²) in [6, 6.07) is 7.55. The maximum Gasteiger partial charge on any atom is 0.159 e. The highest BCUT2D eigenvalue weighted by Crippen LogP contribution is 2.38. The number of anilines is 2. The Morgan fingerprint density at radius 1 is 1.21 bits per heavy atom. The van der Waals surface area contributed by atoms with Gasteiger partial charge < -0.3 is 5.32 Å². The van der Waals surface area contributed by atoms with Crippen molar-refractivity contribution in [3.63, 3.8) is 0 Å². The highest BCUT2D eigenvalue weighted by molar-refractivity contribution is 7.19. The molecule has 2 heterocycles. The van der Waals surface area contributed by atoms with Gasteiger partial charge in [-0.2, -0.15) is 0 Å². The summed E-state index contributed by atoms with van der Waals surface area (Å²) in [4.78, 5) is 23.0. The number of hydrogen-bond acceptors (Lipinski definition) is 5. The monoisotopic (exact) mass is 359 g/mol. The SMILES string of the molecule is CC(=O)c1cccc(Nc2ncnc3sc4c(c23)CCCC4)c1.Cl. The number of thiophene rings is 1. The zero-order valence-electron chi connectivity index (χ0n) is 13.3. The number of nitrogens with one attached hydrogen (secondary N) is 1. The number of Topliss-reactive ketones (excluding diaryl/α,β-unsaturated/α-hetero) is 1. The van der Waals surface area contributed by atoms with Crippen LogP contribution in [-0.2, 0) is 12.8 Å². The van der Waals surface area contributed by atoms with E-state index in [0.29, 0.717) is 5.56 Å². The summed E-state index contributed by atoms with van der Waals surface area (Å²) < 4.78 is 0. The molecular weight excluding hydrogens is 342 g/mol. The number of benzene rings is 1. The summed E-state index contributed by atoms with van der Waals surface area (Å²) in [6.07, 6.45) is 6.35. The van der Waals surface area contributed by atoms with Crippen LogP contribution < -0.4 is 5.32 Å². The van der Waals surface area contributed by atoms with Crippen LogP contribution in [-0.4, -0.2) is 15.8 Å². The van der Waals surface area contributed by atoms with Crippen LogP contribution in [0.3, 0.4) is 0 Å². The molecule has 0 atom stereocenters. The van der Waals surface area contributed by atoms with Gasteiger partial charge in [-0.15, -0.1) is 23.7 Å². The molecule has 6 heteroatoms. The van der Waals surface area contributed by atoms with E-state index in [4.69, 9.17) is 0 Å². The number of carbonyl (C=O) groups is 1. The molecule has 0 saturated carbocycles. The molecule has 3 aromatic rings. The molecule has 24 heavy (non-hydrogen) atoms. The largest absolute Gasteiger partial charge is 0.340 e. The van der Waals surface area contributed by atoms with Crippen molar-refractivity contribution in [2.45, 2.75) is 32.6 Å². The van der Waals surface area contributed by atoms with Crippen molar-refractivity contribution in [3.05, 3.63) is 46.6 Å². The average Bonchev–Trinajstić information content (AvgIpc) is 2.94. The molecule has 124 valence electrons. The van der Waals surface area contributed by atoms with Gasteiger partial charge in [-0.3, -0.25) is 4.79 Å². The average molecular weight is 360 g/mol. The van der Waals surface area contributed by atoms with Crippen molar-refractivity contribution in [2.75, 3.05) is 5.32 Å². The Hall–Kier alpha value is -1.98. The predicted molar refractivity (Wildman–Crippen MR) is 101 cm³/mol. The number of aromatic nitrogens is 2. The van der Waals surface area contributed by atoms with Crippen LogP contribution in [0.4, 0.5) is 11.5 Å². The standard InChI is InChI=1S/C18H17N3OS.ClH/c1-11(22)12-5-4-6-13(9-12)21-17-16-14-7-2-3-8-15(14)23-18(16)20-10-19-17;/h4-6,9-10H,2-3,7-8H2,1H3,(H,19,20,21);1H. The predicted octanol–water partition coefficient (Wildman–Crippen LogP) is 4.94. The van der Waals surface area contributed by atoms with E-state index in [9.17, 15) is 4.79 Å². The first-order valence-corrected chi connectivity index (χ1v) is 8.67. The van der Waals surface area contributed by atoms with E-state index in [1.54, 1.807) is 24.6 Å². The lowest BCUT2D eigenvalue weighted by Crippen LogP contribution is -2.01. The second-order valence-corrected chi connectivity index (χ2v) is 6.96. The number of halogens is 1. The fourth-order valence-electron chi connectivity index (χ4n) is 3.14. The summed E-state index contributed by atoms with van der Waals surface area (Å²) in [6.45, 7) is 1.58. The van der Waals surface area contributed by atoms with E-state index < -0.39 is 0 Å². The van der Waals surface area contributed by atoms with Crippen molar-refractivity contribution in [1.82, 2.24) is 9.97 Å². The van der Waals surface area contributed by atoms with Crippen molar-refractivity contribution < 1.29 is 4.79 Å². The van der Waals surface area contributed by atoms with Gasteiger partial charge in [0.15, 0.2) is 5.78 Å². The van der Waals surface area contributed by atoms with E-state index in [1.807, 2.05) is 24.3 Å². The highest BCUT2D eigenvalue weighted by Gasteiger charge is 2.19. The van der Waals surface area contributed by atoms with Gasteiger partial charge >= 0.3 is 0 Å². The Labute approximate surface area is 150 Å². The molecule has 0 saturated heterocycles. The van der Waals surface area contributed by atoms with E-state index in [-0.39, 0.29) is 18.2 Å². The summed E-state index contributed by atoms with van der Waals surface area (Å²) >= 11 is 1.79. The van der Waals surface area contributed by atoms with E-state index in [0.717, 1.165) is 34.6 Å². The minimum Gasteiger partial charge on any atom is -0.340 e. The number of aryl methyl sites for hydroxylation is 2. The van der Waals surface area contributed by atoms with Crippen molar-refractivity contribution in [3.8, 4) is 0 Å². The van der Waals surface area contributed by atoms with Crippen LogP contribution in [0.2, 0.25) is 0 Å². The zero-order chi connectivity index (χ0) is 15.8. The highest BCUT2D eigenvalue weighted by atomic mass is 35.5. The summed E-state index contributed by atoms with van der Waals surface area (Å²) in [5.74, 6) is 0.907. The fourth-order valence-corrected chi connectivity index (χ4v) is 4.37. The second-order valence-electron chi connectivity index (χ2n) is 5.88. The fraction of sp³-hybridized carbons (Fsp3) is 0.278. The first-order chi connectivity index (χ1) is 11.2. The molecule has 0 bridgehead atoms. The molecule has 1 N–H and O–H groups in total. The number of hydrogen-bond donors (Lipinski definition) is 1. The molecular formula is C18H18ClN3OS. The Morgan fingerprint density at radius 2 is 2.04 bits per heavy atom. The molecule has 0 fully saturated rings. The van der Waals surface area contributed by atoms with Crippen LogP contribution in [0.15, 0.2) is 30.6 Å². The molecule has 4 rings (SSSR count). The Bertz CT molecular complexity index is 906. The van der Waals surface area contributed by atoms with Crippen molar-refractivity contribution >= 4 is 51.2 Å². The molecule has 2 aromatic heterocycles. The number of nitrogens with zero attached hydrogens (tertiary/aromatic N) is 2. The smallest absolute Gasteiger partial charge is 0.159 e. The van der Waals surface area contributed by atoms with E-state index in [2.05, 4.69) is 15.3 Å². The Morgan fingerprint density at radius 3 is 2.88 bits per heavy atom. The maximum atomic E-state index is 11.6. The van der Waals surface area contributed by atoms with Gasteiger partial charge in [0.25, 0.3) is 0 Å². The third kappa shape index (κ3) is 3.01. The number of carbonyl (C=O) groups excluding carboxylic acids is 1. The van der Waals surface area contributed by atoms with Crippen LogP contribution in [0.5, 0.6) is 0 Å². The molecule has 4 nitrogen and oxygen atoms in total. The minimum atomic E-state index is 0. The van der Waals surface area contributed by atoms with Crippen LogP contribution >= 0.6 is 23.7 Å². The molecule has 0 radical (unpaired) electrons. The Balaban J connectivity index is 0.00000169. The van der Waals surface area contributed by atoms with Crippen LogP contribution in [0, 0.1) is 0 Å². The molecule has 1 aromatic carbocycles. The summed E-state index contributed by atoms with van der Waals surface area (Å²) in [7, 11) is 0. The topological polar surface area (TPSA) is 54.9 Å². The molecule has 0 spiro atoms. The molecule has 1 aliphatic rings. The lowest BCUT2D eigenvalue weighted by molar-refractivity contribution is 0.101. The maximum absolute atomic E-state index is 11.6. The minimum absolute atomic E-state index is 0. The second kappa shape index (κ2) is 6.87. The molecule has 1 aliphatic carbocycles. The summed E-state index contributed by atoms with van der Waals surface area (Å²) in [5, 5.41) is 4.53. The first-order valence-electron chi connectivity index (χ1n) is 7.85. The molecule has 0 unspecified atom stereocenters. The molecule has 0 aliphatic heterocycles. The van der Waals surface area contributed by atoms with Gasteiger partial charge in [-0.25, -0.2) is 9.97 Å². The quantitative estimate of drug-likeness (QED) is 0.673.